The van der Waals surface area contributed by atoms with Gasteiger partial charge in [0.1, 0.15) is 4.88 Å². The van der Waals surface area contributed by atoms with Crippen LogP contribution in [0.25, 0.3) is 0 Å². The first-order chi connectivity index (χ1) is 8.74. The van der Waals surface area contributed by atoms with E-state index in [-0.39, 0.29) is 0 Å². The topological polar surface area (TPSA) is 49.3 Å². The Morgan fingerprint density at radius 1 is 1.33 bits per heavy atom. The summed E-state index contributed by atoms with van der Waals surface area (Å²) in [5, 5.41) is 12.5. The van der Waals surface area contributed by atoms with Crippen LogP contribution in [-0.4, -0.2) is 17.1 Å². The Morgan fingerprint density at radius 3 is 2.67 bits per heavy atom. The number of carboxylic acids is 1. The summed E-state index contributed by atoms with van der Waals surface area (Å²) < 4.78 is 0. The van der Waals surface area contributed by atoms with Crippen molar-refractivity contribution in [3.63, 3.8) is 0 Å². The SMILES string of the molecule is O=C(O)c1ccc(CNC2C3C4CCC(C4)C23)s1. The molecule has 4 rings (SSSR count). The van der Waals surface area contributed by atoms with E-state index in [2.05, 4.69) is 5.32 Å². The molecule has 1 aromatic heterocycles. The standard InChI is InChI=1S/C14H17NO2S/c16-14(17)10-4-3-9(18-10)6-15-13-11-7-1-2-8(5-7)12(11)13/h3-4,7-8,11-13,15H,1-2,5-6H2,(H,16,17). The number of thiophene rings is 1. The average molecular weight is 263 g/mol. The zero-order valence-electron chi connectivity index (χ0n) is 10.1. The zero-order chi connectivity index (χ0) is 12.3. The van der Waals surface area contributed by atoms with E-state index in [1.807, 2.05) is 6.07 Å². The summed E-state index contributed by atoms with van der Waals surface area (Å²) >= 11 is 1.39. The van der Waals surface area contributed by atoms with E-state index in [0.29, 0.717) is 4.88 Å². The van der Waals surface area contributed by atoms with Gasteiger partial charge in [-0.3, -0.25) is 0 Å². The number of rotatable bonds is 4. The van der Waals surface area contributed by atoms with Crippen molar-refractivity contribution in [1.29, 1.82) is 0 Å². The van der Waals surface area contributed by atoms with Crippen LogP contribution in [0.15, 0.2) is 12.1 Å². The first-order valence-corrected chi connectivity index (χ1v) is 7.61. The Labute approximate surface area is 110 Å². The Balaban J connectivity index is 1.36. The summed E-state index contributed by atoms with van der Waals surface area (Å²) in [7, 11) is 0. The Hall–Kier alpha value is -0.870. The van der Waals surface area contributed by atoms with Gasteiger partial charge in [-0.2, -0.15) is 0 Å². The molecule has 0 spiro atoms. The van der Waals surface area contributed by atoms with Gasteiger partial charge in [-0.25, -0.2) is 4.79 Å². The van der Waals surface area contributed by atoms with Crippen LogP contribution < -0.4 is 5.32 Å². The predicted octanol–water partition coefficient (Wildman–Crippen LogP) is 2.58. The smallest absolute Gasteiger partial charge is 0.345 e. The minimum atomic E-state index is -0.812. The number of fused-ring (bicyclic) bond motifs is 5. The van der Waals surface area contributed by atoms with Gasteiger partial charge in [0.05, 0.1) is 0 Å². The highest BCUT2D eigenvalue weighted by Crippen LogP contribution is 2.65. The number of carbonyl (C=O) groups is 1. The molecular formula is C14H17NO2S. The molecule has 0 saturated heterocycles. The molecule has 18 heavy (non-hydrogen) atoms. The Kier molecular flexibility index (Phi) is 2.33. The minimum Gasteiger partial charge on any atom is -0.477 e. The van der Waals surface area contributed by atoms with Crippen LogP contribution in [-0.2, 0) is 6.54 Å². The minimum absolute atomic E-state index is 0.447. The largest absolute Gasteiger partial charge is 0.477 e. The van der Waals surface area contributed by atoms with E-state index in [4.69, 9.17) is 5.11 Å². The second kappa shape index (κ2) is 3.81. The predicted molar refractivity (Wildman–Crippen MR) is 69.7 cm³/mol. The Bertz CT molecular complexity index is 482. The van der Waals surface area contributed by atoms with E-state index in [1.165, 1.54) is 30.6 Å². The van der Waals surface area contributed by atoms with Crippen LogP contribution in [0.5, 0.6) is 0 Å². The number of carboxylic acid groups (broad SMARTS) is 1. The summed E-state index contributed by atoms with van der Waals surface area (Å²) in [6.07, 6.45) is 4.38. The number of nitrogens with one attached hydrogen (secondary N) is 1. The molecule has 0 radical (unpaired) electrons. The van der Waals surface area contributed by atoms with Gasteiger partial charge in [-0.15, -0.1) is 11.3 Å². The van der Waals surface area contributed by atoms with E-state index in [9.17, 15) is 4.79 Å². The fourth-order valence-electron chi connectivity index (χ4n) is 4.40. The lowest BCUT2D eigenvalue weighted by molar-refractivity contribution is 0.0702. The third-order valence-electron chi connectivity index (χ3n) is 5.12. The third-order valence-corrected chi connectivity index (χ3v) is 6.19. The van der Waals surface area contributed by atoms with Crippen molar-refractivity contribution in [3.05, 3.63) is 21.9 Å². The van der Waals surface area contributed by atoms with Crippen molar-refractivity contribution in [3.8, 4) is 0 Å². The summed E-state index contributed by atoms with van der Waals surface area (Å²) in [6.45, 7) is 0.842. The average Bonchev–Trinajstić information content (AvgIpc) is 2.81. The molecule has 3 aliphatic carbocycles. The summed E-state index contributed by atoms with van der Waals surface area (Å²) in [5.74, 6) is 3.07. The monoisotopic (exact) mass is 263 g/mol. The highest BCUT2D eigenvalue weighted by Gasteiger charge is 2.64. The summed E-state index contributed by atoms with van der Waals surface area (Å²) in [4.78, 5) is 12.4. The van der Waals surface area contributed by atoms with E-state index < -0.39 is 5.97 Å². The van der Waals surface area contributed by atoms with Gasteiger partial charge in [-0.1, -0.05) is 0 Å². The van der Waals surface area contributed by atoms with Crippen LogP contribution in [0.1, 0.15) is 33.8 Å². The molecule has 4 atom stereocenters. The number of hydrogen-bond acceptors (Lipinski definition) is 3. The lowest BCUT2D eigenvalue weighted by atomic mass is 10.0. The fourth-order valence-corrected chi connectivity index (χ4v) is 5.20. The van der Waals surface area contributed by atoms with Crippen molar-refractivity contribution in [1.82, 2.24) is 5.32 Å². The maximum atomic E-state index is 10.8. The molecule has 0 amide bonds. The number of aromatic carboxylic acids is 1. The summed E-state index contributed by atoms with van der Waals surface area (Å²) in [6, 6.07) is 4.38. The molecule has 2 bridgehead atoms. The van der Waals surface area contributed by atoms with Crippen LogP contribution in [0.4, 0.5) is 0 Å². The van der Waals surface area contributed by atoms with Gasteiger partial charge >= 0.3 is 5.97 Å². The molecule has 2 N–H and O–H groups in total. The molecule has 3 aliphatic rings. The third kappa shape index (κ3) is 1.55. The van der Waals surface area contributed by atoms with Crippen molar-refractivity contribution in [2.45, 2.75) is 31.8 Å². The van der Waals surface area contributed by atoms with E-state index in [0.717, 1.165) is 41.1 Å². The lowest BCUT2D eigenvalue weighted by Crippen LogP contribution is -2.21. The molecule has 3 nitrogen and oxygen atoms in total. The molecule has 1 heterocycles. The van der Waals surface area contributed by atoms with Crippen LogP contribution in [0.3, 0.4) is 0 Å². The fraction of sp³-hybridized carbons (Fsp3) is 0.643. The van der Waals surface area contributed by atoms with Crippen LogP contribution >= 0.6 is 11.3 Å². The van der Waals surface area contributed by atoms with Gasteiger partial charge in [0.2, 0.25) is 0 Å². The lowest BCUT2D eigenvalue weighted by Gasteiger charge is -2.09. The molecule has 96 valence electrons. The van der Waals surface area contributed by atoms with Crippen molar-refractivity contribution < 1.29 is 9.90 Å². The molecule has 1 aromatic rings. The highest BCUT2D eigenvalue weighted by molar-refractivity contribution is 7.13. The normalized spacial score (nSPS) is 39.9. The highest BCUT2D eigenvalue weighted by atomic mass is 32.1. The number of hydrogen-bond donors (Lipinski definition) is 2. The van der Waals surface area contributed by atoms with Gasteiger partial charge in [-0.05, 0) is 55.1 Å². The van der Waals surface area contributed by atoms with Crippen molar-refractivity contribution in [2.24, 2.45) is 23.7 Å². The van der Waals surface area contributed by atoms with Gasteiger partial charge in [0.15, 0.2) is 0 Å². The van der Waals surface area contributed by atoms with Gasteiger partial charge in [0.25, 0.3) is 0 Å². The molecule has 4 heteroatoms. The molecule has 0 aliphatic heterocycles. The van der Waals surface area contributed by atoms with E-state index in [1.54, 1.807) is 6.07 Å². The first-order valence-electron chi connectivity index (χ1n) is 6.79. The molecule has 3 saturated carbocycles. The van der Waals surface area contributed by atoms with Crippen molar-refractivity contribution in [2.75, 3.05) is 0 Å². The van der Waals surface area contributed by atoms with Gasteiger partial charge < -0.3 is 10.4 Å². The second-order valence-electron chi connectivity index (χ2n) is 5.97. The van der Waals surface area contributed by atoms with Gasteiger partial charge in [0, 0.05) is 17.5 Å². The van der Waals surface area contributed by atoms with E-state index >= 15 is 0 Å². The maximum Gasteiger partial charge on any atom is 0.345 e. The quantitative estimate of drug-likeness (QED) is 0.878. The molecule has 0 aromatic carbocycles. The second-order valence-corrected chi connectivity index (χ2v) is 7.13. The van der Waals surface area contributed by atoms with Crippen LogP contribution in [0.2, 0.25) is 0 Å². The van der Waals surface area contributed by atoms with Crippen molar-refractivity contribution >= 4 is 17.3 Å². The zero-order valence-corrected chi connectivity index (χ0v) is 11.0. The molecular weight excluding hydrogens is 246 g/mol. The summed E-state index contributed by atoms with van der Waals surface area (Å²) in [5.41, 5.74) is 0. The Morgan fingerprint density at radius 2 is 2.06 bits per heavy atom. The van der Waals surface area contributed by atoms with Crippen LogP contribution in [0, 0.1) is 23.7 Å². The molecule has 3 fully saturated rings. The first kappa shape index (κ1) is 11.0. The maximum absolute atomic E-state index is 10.8. The molecule has 4 unspecified atom stereocenters.